The Morgan fingerprint density at radius 1 is 1.16 bits per heavy atom. The molecule has 0 bridgehead atoms. The summed E-state index contributed by atoms with van der Waals surface area (Å²) in [6, 6.07) is 13.9. The highest BCUT2D eigenvalue weighted by atomic mass is 35.5. The average Bonchev–Trinajstić information content (AvgIpc) is 2.60. The van der Waals surface area contributed by atoms with Crippen LogP contribution in [0.2, 0.25) is 5.02 Å². The summed E-state index contributed by atoms with van der Waals surface area (Å²) in [5, 5.41) is 4.51. The van der Waals surface area contributed by atoms with E-state index < -0.39 is 0 Å². The van der Waals surface area contributed by atoms with Gasteiger partial charge in [0.1, 0.15) is 5.75 Å². The summed E-state index contributed by atoms with van der Waals surface area (Å²) in [5.74, 6) is 0.195. The van der Waals surface area contributed by atoms with E-state index in [0.717, 1.165) is 0 Å². The van der Waals surface area contributed by atoms with Gasteiger partial charge in [0.25, 0.3) is 11.5 Å². The predicted molar refractivity (Wildman–Crippen MR) is 99.5 cm³/mol. The Balaban J connectivity index is 1.76. The number of nitrogens with one attached hydrogen (secondary N) is 1. The van der Waals surface area contributed by atoms with Crippen molar-refractivity contribution in [2.24, 2.45) is 0 Å². The molecule has 0 unspecified atom stereocenters. The second-order valence-corrected chi connectivity index (χ2v) is 5.91. The molecule has 6 heteroatoms. The largest absolute Gasteiger partial charge is 0.483 e. The molecule has 0 aliphatic rings. The molecule has 1 N–H and O–H groups in total. The van der Waals surface area contributed by atoms with Gasteiger partial charge in [-0.2, -0.15) is 0 Å². The van der Waals surface area contributed by atoms with Gasteiger partial charge in [-0.05, 0) is 43.3 Å². The van der Waals surface area contributed by atoms with Crippen molar-refractivity contribution >= 4 is 34.0 Å². The number of anilines is 1. The molecular weight excluding hydrogens is 340 g/mol. The average molecular weight is 357 g/mol. The number of nitrogens with zero attached hydrogens (tertiary/aromatic N) is 1. The first kappa shape index (κ1) is 17.0. The first-order valence-electron chi connectivity index (χ1n) is 7.89. The second-order valence-electron chi connectivity index (χ2n) is 5.47. The van der Waals surface area contributed by atoms with Crippen LogP contribution in [0.3, 0.4) is 0 Å². The molecule has 1 aromatic heterocycles. The lowest BCUT2D eigenvalue weighted by Crippen LogP contribution is -2.21. The number of aromatic nitrogens is 1. The molecule has 0 atom stereocenters. The van der Waals surface area contributed by atoms with Gasteiger partial charge < -0.3 is 14.6 Å². The maximum atomic E-state index is 12.3. The van der Waals surface area contributed by atoms with Crippen molar-refractivity contribution < 1.29 is 9.53 Å². The number of carbonyl (C=O) groups is 1. The Hall–Kier alpha value is -2.79. The van der Waals surface area contributed by atoms with Crippen molar-refractivity contribution in [2.75, 3.05) is 11.9 Å². The van der Waals surface area contributed by atoms with Crippen LogP contribution in [0.15, 0.2) is 59.5 Å². The molecule has 5 nitrogen and oxygen atoms in total. The number of benzene rings is 2. The number of carbonyl (C=O) groups excluding carboxylic acids is 1. The lowest BCUT2D eigenvalue weighted by atomic mass is 10.1. The van der Waals surface area contributed by atoms with Gasteiger partial charge in [0.05, 0.1) is 5.39 Å². The minimum Gasteiger partial charge on any atom is -0.483 e. The fraction of sp³-hybridized carbons (Fsp3) is 0.158. The molecule has 0 saturated carbocycles. The molecule has 0 spiro atoms. The van der Waals surface area contributed by atoms with Crippen molar-refractivity contribution in [2.45, 2.75) is 13.5 Å². The Labute approximate surface area is 149 Å². The maximum Gasteiger partial charge on any atom is 0.262 e. The first-order valence-corrected chi connectivity index (χ1v) is 8.26. The van der Waals surface area contributed by atoms with Crippen molar-refractivity contribution in [3.05, 3.63) is 70.1 Å². The molecule has 2 aromatic carbocycles. The van der Waals surface area contributed by atoms with Gasteiger partial charge in [-0.25, -0.2) is 0 Å². The van der Waals surface area contributed by atoms with Crippen LogP contribution in [0.4, 0.5) is 5.69 Å². The number of amides is 1. The van der Waals surface area contributed by atoms with Crippen LogP contribution >= 0.6 is 11.6 Å². The molecule has 3 aromatic rings. The number of aryl methyl sites for hydroxylation is 1. The summed E-state index contributed by atoms with van der Waals surface area (Å²) in [5.41, 5.74) is 0.527. The molecule has 3 rings (SSSR count). The van der Waals surface area contributed by atoms with E-state index in [1.54, 1.807) is 53.2 Å². The van der Waals surface area contributed by atoms with Gasteiger partial charge in [0, 0.05) is 28.8 Å². The van der Waals surface area contributed by atoms with Crippen LogP contribution in [-0.2, 0) is 11.3 Å². The third kappa shape index (κ3) is 3.83. The molecule has 0 aliphatic carbocycles. The summed E-state index contributed by atoms with van der Waals surface area (Å²) in [6.45, 7) is 2.35. The Bertz CT molecular complexity index is 982. The van der Waals surface area contributed by atoms with Crippen LogP contribution in [-0.4, -0.2) is 17.1 Å². The zero-order valence-electron chi connectivity index (χ0n) is 13.7. The molecule has 128 valence electrons. The van der Waals surface area contributed by atoms with E-state index in [-0.39, 0.29) is 18.1 Å². The quantitative estimate of drug-likeness (QED) is 0.758. The number of fused-ring (bicyclic) bond motifs is 1. The summed E-state index contributed by atoms with van der Waals surface area (Å²) in [4.78, 5) is 24.4. The SMILES string of the molecule is CCn1ccc2c(OCC(=O)Nc3cccc(Cl)c3)cccc2c1=O. The van der Waals surface area contributed by atoms with Crippen molar-refractivity contribution in [1.29, 1.82) is 0 Å². The lowest BCUT2D eigenvalue weighted by molar-refractivity contribution is -0.118. The lowest BCUT2D eigenvalue weighted by Gasteiger charge is -2.11. The smallest absolute Gasteiger partial charge is 0.262 e. The van der Waals surface area contributed by atoms with Crippen molar-refractivity contribution in [1.82, 2.24) is 4.57 Å². The molecule has 0 aliphatic heterocycles. The first-order chi connectivity index (χ1) is 12.1. The minimum atomic E-state index is -0.304. The van der Waals surface area contributed by atoms with Crippen LogP contribution in [0.25, 0.3) is 10.8 Å². The second kappa shape index (κ2) is 7.40. The standard InChI is InChI=1S/C19H17ClN2O3/c1-2-22-10-9-15-16(19(22)24)7-4-8-17(15)25-12-18(23)21-14-6-3-5-13(20)11-14/h3-11H,2,12H2,1H3,(H,21,23). The molecule has 0 fully saturated rings. The van der Waals surface area contributed by atoms with Gasteiger partial charge in [-0.3, -0.25) is 9.59 Å². The highest BCUT2D eigenvalue weighted by Gasteiger charge is 2.09. The number of hydrogen-bond donors (Lipinski definition) is 1. The Kier molecular flexibility index (Phi) is 5.05. The van der Waals surface area contributed by atoms with Crippen LogP contribution < -0.4 is 15.6 Å². The van der Waals surface area contributed by atoms with Gasteiger partial charge in [0.15, 0.2) is 6.61 Å². The molecular formula is C19H17ClN2O3. The van der Waals surface area contributed by atoms with Crippen LogP contribution in [0.5, 0.6) is 5.75 Å². The fourth-order valence-corrected chi connectivity index (χ4v) is 2.76. The number of hydrogen-bond acceptors (Lipinski definition) is 3. The van der Waals surface area contributed by atoms with Gasteiger partial charge >= 0.3 is 0 Å². The normalized spacial score (nSPS) is 10.6. The zero-order valence-corrected chi connectivity index (χ0v) is 14.4. The molecule has 1 amide bonds. The maximum absolute atomic E-state index is 12.3. The van der Waals surface area contributed by atoms with Gasteiger partial charge in [-0.1, -0.05) is 23.7 Å². The summed E-state index contributed by atoms with van der Waals surface area (Å²) >= 11 is 5.89. The van der Waals surface area contributed by atoms with E-state index in [4.69, 9.17) is 16.3 Å². The minimum absolute atomic E-state index is 0.0752. The number of pyridine rings is 1. The molecule has 0 saturated heterocycles. The van der Waals surface area contributed by atoms with Crippen molar-refractivity contribution in [3.63, 3.8) is 0 Å². The van der Waals surface area contributed by atoms with E-state index >= 15 is 0 Å². The summed E-state index contributed by atoms with van der Waals surface area (Å²) in [7, 11) is 0. The van der Waals surface area contributed by atoms with Crippen LogP contribution in [0, 0.1) is 0 Å². The predicted octanol–water partition coefficient (Wildman–Crippen LogP) is 3.69. The number of rotatable bonds is 5. The zero-order chi connectivity index (χ0) is 17.8. The monoisotopic (exact) mass is 356 g/mol. The van der Waals surface area contributed by atoms with Gasteiger partial charge in [-0.15, -0.1) is 0 Å². The Morgan fingerprint density at radius 3 is 2.72 bits per heavy atom. The van der Waals surface area contributed by atoms with E-state index in [2.05, 4.69) is 5.32 Å². The van der Waals surface area contributed by atoms with E-state index in [1.807, 2.05) is 13.0 Å². The third-order valence-corrected chi connectivity index (χ3v) is 4.02. The number of halogens is 1. The van der Waals surface area contributed by atoms with Crippen molar-refractivity contribution in [3.8, 4) is 5.75 Å². The van der Waals surface area contributed by atoms with E-state index in [9.17, 15) is 9.59 Å². The van der Waals surface area contributed by atoms with E-state index in [1.165, 1.54) is 0 Å². The van der Waals surface area contributed by atoms with E-state index in [0.29, 0.717) is 33.8 Å². The highest BCUT2D eigenvalue weighted by Crippen LogP contribution is 2.23. The summed E-state index contributed by atoms with van der Waals surface area (Å²) < 4.78 is 7.24. The van der Waals surface area contributed by atoms with Gasteiger partial charge in [0.2, 0.25) is 0 Å². The fourth-order valence-electron chi connectivity index (χ4n) is 2.57. The molecule has 0 radical (unpaired) electrons. The van der Waals surface area contributed by atoms with Crippen LogP contribution in [0.1, 0.15) is 6.92 Å². The topological polar surface area (TPSA) is 60.3 Å². The highest BCUT2D eigenvalue weighted by molar-refractivity contribution is 6.30. The Morgan fingerprint density at radius 2 is 1.96 bits per heavy atom. The number of ether oxygens (including phenoxy) is 1. The molecule has 25 heavy (non-hydrogen) atoms. The summed E-state index contributed by atoms with van der Waals surface area (Å²) in [6.07, 6.45) is 1.73. The third-order valence-electron chi connectivity index (χ3n) is 3.79. The molecule has 1 heterocycles.